The lowest BCUT2D eigenvalue weighted by Gasteiger charge is -2.10. The lowest BCUT2D eigenvalue weighted by molar-refractivity contribution is -0.119. The molecule has 0 bridgehead atoms. The molecule has 0 aliphatic carbocycles. The van der Waals surface area contributed by atoms with Crippen LogP contribution in [0, 0.1) is 12.7 Å². The second-order valence-electron chi connectivity index (χ2n) is 4.68. The molecule has 0 heterocycles. The van der Waals surface area contributed by atoms with Gasteiger partial charge in [0.2, 0.25) is 0 Å². The topological polar surface area (TPSA) is 55.4 Å². The number of aryl methyl sites for hydroxylation is 1. The zero-order chi connectivity index (χ0) is 17.0. The number of esters is 1. The minimum absolute atomic E-state index is 0.0561. The Morgan fingerprint density at radius 1 is 1.22 bits per heavy atom. The molecule has 2 aromatic rings. The molecule has 0 aromatic heterocycles. The summed E-state index contributed by atoms with van der Waals surface area (Å²) in [6.07, 6.45) is 0. The van der Waals surface area contributed by atoms with Crippen molar-refractivity contribution in [2.75, 3.05) is 11.9 Å². The second kappa shape index (κ2) is 7.44. The van der Waals surface area contributed by atoms with Gasteiger partial charge >= 0.3 is 5.97 Å². The van der Waals surface area contributed by atoms with Gasteiger partial charge in [0.25, 0.3) is 5.91 Å². The summed E-state index contributed by atoms with van der Waals surface area (Å²) in [6, 6.07) is 8.50. The molecule has 0 unspecified atom stereocenters. The van der Waals surface area contributed by atoms with Gasteiger partial charge in [-0.05, 0) is 36.8 Å². The van der Waals surface area contributed by atoms with Crippen LogP contribution in [0.2, 0.25) is 10.0 Å². The van der Waals surface area contributed by atoms with Gasteiger partial charge < -0.3 is 10.1 Å². The number of amides is 1. The van der Waals surface area contributed by atoms with Crippen molar-refractivity contribution < 1.29 is 18.7 Å². The predicted molar refractivity (Wildman–Crippen MR) is 86.5 cm³/mol. The molecule has 0 spiro atoms. The van der Waals surface area contributed by atoms with Crippen LogP contribution in [0.5, 0.6) is 0 Å². The molecule has 0 saturated heterocycles. The van der Waals surface area contributed by atoms with Crippen LogP contribution in [0.1, 0.15) is 15.9 Å². The van der Waals surface area contributed by atoms with Crippen molar-refractivity contribution in [2.24, 2.45) is 0 Å². The van der Waals surface area contributed by atoms with Crippen molar-refractivity contribution in [3.63, 3.8) is 0 Å². The highest BCUT2D eigenvalue weighted by molar-refractivity contribution is 6.43. The lowest BCUT2D eigenvalue weighted by atomic mass is 10.2. The van der Waals surface area contributed by atoms with Crippen molar-refractivity contribution in [3.8, 4) is 0 Å². The monoisotopic (exact) mass is 355 g/mol. The third-order valence-corrected chi connectivity index (χ3v) is 3.80. The van der Waals surface area contributed by atoms with E-state index in [-0.39, 0.29) is 15.6 Å². The first kappa shape index (κ1) is 17.2. The minimum Gasteiger partial charge on any atom is -0.452 e. The average molecular weight is 356 g/mol. The van der Waals surface area contributed by atoms with E-state index in [1.54, 1.807) is 13.0 Å². The Morgan fingerprint density at radius 3 is 2.70 bits per heavy atom. The standard InChI is InChI=1S/C16H12Cl2FNO3/c1-9-5-6-10(19)7-13(9)20-14(21)8-23-16(22)11-3-2-4-12(17)15(11)18/h2-7H,8H2,1H3,(H,20,21). The van der Waals surface area contributed by atoms with Crippen LogP contribution < -0.4 is 5.32 Å². The molecular weight excluding hydrogens is 344 g/mol. The highest BCUT2D eigenvalue weighted by Gasteiger charge is 2.16. The summed E-state index contributed by atoms with van der Waals surface area (Å²) in [5.41, 5.74) is 1.06. The molecular formula is C16H12Cl2FNO3. The van der Waals surface area contributed by atoms with Gasteiger partial charge in [-0.2, -0.15) is 0 Å². The van der Waals surface area contributed by atoms with Crippen LogP contribution in [0.25, 0.3) is 0 Å². The van der Waals surface area contributed by atoms with E-state index in [0.29, 0.717) is 11.3 Å². The highest BCUT2D eigenvalue weighted by Crippen LogP contribution is 2.26. The molecule has 4 nitrogen and oxygen atoms in total. The summed E-state index contributed by atoms with van der Waals surface area (Å²) in [5, 5.41) is 2.73. The largest absolute Gasteiger partial charge is 0.452 e. The summed E-state index contributed by atoms with van der Waals surface area (Å²) in [6.45, 7) is 1.18. The SMILES string of the molecule is Cc1ccc(F)cc1NC(=O)COC(=O)c1cccc(Cl)c1Cl. The van der Waals surface area contributed by atoms with E-state index in [1.807, 2.05) is 0 Å². The molecule has 120 valence electrons. The van der Waals surface area contributed by atoms with E-state index >= 15 is 0 Å². The third kappa shape index (κ3) is 4.43. The predicted octanol–water partition coefficient (Wildman–Crippen LogP) is 4.24. The molecule has 2 rings (SSSR count). The molecule has 1 N–H and O–H groups in total. The lowest BCUT2D eigenvalue weighted by Crippen LogP contribution is -2.21. The van der Waals surface area contributed by atoms with Crippen LogP contribution in [0.4, 0.5) is 10.1 Å². The molecule has 23 heavy (non-hydrogen) atoms. The van der Waals surface area contributed by atoms with Crippen LogP contribution in [0.3, 0.4) is 0 Å². The minimum atomic E-state index is -0.774. The number of rotatable bonds is 4. The molecule has 0 aliphatic rings. The van der Waals surface area contributed by atoms with Crippen LogP contribution in [0.15, 0.2) is 36.4 Å². The number of anilines is 1. The number of hydrogen-bond donors (Lipinski definition) is 1. The number of ether oxygens (including phenoxy) is 1. The first-order chi connectivity index (χ1) is 10.9. The van der Waals surface area contributed by atoms with Crippen LogP contribution >= 0.6 is 23.2 Å². The van der Waals surface area contributed by atoms with Gasteiger partial charge in [0, 0.05) is 5.69 Å². The Morgan fingerprint density at radius 2 is 1.96 bits per heavy atom. The quantitative estimate of drug-likeness (QED) is 0.834. The maximum absolute atomic E-state index is 13.2. The van der Waals surface area contributed by atoms with E-state index in [0.717, 1.165) is 0 Å². The summed E-state index contributed by atoms with van der Waals surface area (Å²) in [7, 11) is 0. The Balaban J connectivity index is 1.98. The van der Waals surface area contributed by atoms with Crippen molar-refractivity contribution in [3.05, 3.63) is 63.4 Å². The van der Waals surface area contributed by atoms with E-state index in [9.17, 15) is 14.0 Å². The molecule has 0 saturated carbocycles. The summed E-state index contributed by atoms with van der Waals surface area (Å²) >= 11 is 11.7. The summed E-state index contributed by atoms with van der Waals surface area (Å²) in [4.78, 5) is 23.7. The molecule has 0 atom stereocenters. The third-order valence-electron chi connectivity index (χ3n) is 2.98. The number of carbonyl (C=O) groups is 2. The van der Waals surface area contributed by atoms with Gasteiger partial charge in [-0.1, -0.05) is 35.3 Å². The van der Waals surface area contributed by atoms with Crippen molar-refractivity contribution in [2.45, 2.75) is 6.92 Å². The highest BCUT2D eigenvalue weighted by atomic mass is 35.5. The molecule has 7 heteroatoms. The number of halogens is 3. The first-order valence-corrected chi connectivity index (χ1v) is 7.31. The number of hydrogen-bond acceptors (Lipinski definition) is 3. The molecule has 2 aromatic carbocycles. The van der Waals surface area contributed by atoms with Gasteiger partial charge in [-0.25, -0.2) is 9.18 Å². The number of carbonyl (C=O) groups excluding carboxylic acids is 2. The van der Waals surface area contributed by atoms with Gasteiger partial charge in [0.1, 0.15) is 5.82 Å². The van der Waals surface area contributed by atoms with Gasteiger partial charge in [0.05, 0.1) is 15.6 Å². The Hall–Kier alpha value is -2.11. The molecule has 1 amide bonds. The fourth-order valence-electron chi connectivity index (χ4n) is 1.79. The summed E-state index contributed by atoms with van der Waals surface area (Å²) in [5.74, 6) is -1.84. The van der Waals surface area contributed by atoms with E-state index < -0.39 is 24.3 Å². The fourth-order valence-corrected chi connectivity index (χ4v) is 2.16. The maximum Gasteiger partial charge on any atom is 0.340 e. The van der Waals surface area contributed by atoms with Gasteiger partial charge in [0.15, 0.2) is 6.61 Å². The Bertz CT molecular complexity index is 765. The van der Waals surface area contributed by atoms with E-state index in [2.05, 4.69) is 5.32 Å². The smallest absolute Gasteiger partial charge is 0.340 e. The second-order valence-corrected chi connectivity index (χ2v) is 5.47. The molecule has 0 radical (unpaired) electrons. The van der Waals surface area contributed by atoms with Gasteiger partial charge in [-0.3, -0.25) is 4.79 Å². The summed E-state index contributed by atoms with van der Waals surface area (Å²) < 4.78 is 18.0. The maximum atomic E-state index is 13.2. The number of nitrogens with one attached hydrogen (secondary N) is 1. The van der Waals surface area contributed by atoms with Crippen molar-refractivity contribution in [1.82, 2.24) is 0 Å². The zero-order valence-corrected chi connectivity index (χ0v) is 13.5. The van der Waals surface area contributed by atoms with Gasteiger partial charge in [-0.15, -0.1) is 0 Å². The van der Waals surface area contributed by atoms with E-state index in [1.165, 1.54) is 30.3 Å². The zero-order valence-electron chi connectivity index (χ0n) is 12.0. The average Bonchev–Trinajstić information content (AvgIpc) is 2.51. The normalized spacial score (nSPS) is 10.3. The van der Waals surface area contributed by atoms with Crippen molar-refractivity contribution in [1.29, 1.82) is 0 Å². The fraction of sp³-hybridized carbons (Fsp3) is 0.125. The number of benzene rings is 2. The van der Waals surface area contributed by atoms with Crippen LogP contribution in [-0.4, -0.2) is 18.5 Å². The van der Waals surface area contributed by atoms with Crippen molar-refractivity contribution >= 4 is 40.8 Å². The molecule has 0 fully saturated rings. The Labute approximate surface area is 142 Å². The first-order valence-electron chi connectivity index (χ1n) is 6.55. The Kier molecular flexibility index (Phi) is 5.58. The van der Waals surface area contributed by atoms with Crippen LogP contribution in [-0.2, 0) is 9.53 Å². The van der Waals surface area contributed by atoms with E-state index in [4.69, 9.17) is 27.9 Å². The molecule has 0 aliphatic heterocycles.